The topological polar surface area (TPSA) is 29.1 Å². The third kappa shape index (κ3) is 4.05. The molecule has 0 saturated heterocycles. The lowest BCUT2D eigenvalue weighted by atomic mass is 10.3. The molecule has 18 heavy (non-hydrogen) atoms. The molecule has 1 heterocycles. The Morgan fingerprint density at radius 2 is 2.06 bits per heavy atom. The molecule has 2 aromatic rings. The van der Waals surface area contributed by atoms with Crippen LogP contribution < -0.4 is 5.32 Å². The molecule has 1 amide bonds. The zero-order chi connectivity index (χ0) is 12.8. The minimum absolute atomic E-state index is 0.00652. The Kier molecular flexibility index (Phi) is 5.11. The summed E-state index contributed by atoms with van der Waals surface area (Å²) in [6, 6.07) is 9.52. The number of hydrogen-bond donors (Lipinski definition) is 1. The van der Waals surface area contributed by atoms with Crippen molar-refractivity contribution in [1.29, 1.82) is 0 Å². The maximum atomic E-state index is 11.6. The van der Waals surface area contributed by atoms with E-state index >= 15 is 0 Å². The average molecular weight is 298 g/mol. The van der Waals surface area contributed by atoms with E-state index in [0.717, 1.165) is 21.2 Å². The molecule has 1 aromatic carbocycles. The van der Waals surface area contributed by atoms with Crippen molar-refractivity contribution in [3.63, 3.8) is 0 Å². The van der Waals surface area contributed by atoms with E-state index in [9.17, 15) is 4.79 Å². The van der Waals surface area contributed by atoms with Gasteiger partial charge in [-0.15, -0.1) is 11.8 Å². The Morgan fingerprint density at radius 3 is 2.72 bits per heavy atom. The average Bonchev–Trinajstić information content (AvgIpc) is 2.90. The van der Waals surface area contributed by atoms with E-state index in [1.54, 1.807) is 11.8 Å². The van der Waals surface area contributed by atoms with Crippen LogP contribution in [0.3, 0.4) is 0 Å². The van der Waals surface area contributed by atoms with Crippen molar-refractivity contribution in [2.45, 2.75) is 4.90 Å². The van der Waals surface area contributed by atoms with E-state index in [0.29, 0.717) is 6.54 Å². The van der Waals surface area contributed by atoms with Crippen LogP contribution in [0, 0.1) is 0 Å². The number of benzene rings is 1. The van der Waals surface area contributed by atoms with E-state index in [4.69, 9.17) is 11.6 Å². The number of hydrogen-bond acceptors (Lipinski definition) is 3. The molecule has 0 bridgehead atoms. The van der Waals surface area contributed by atoms with Gasteiger partial charge in [-0.1, -0.05) is 11.6 Å². The lowest BCUT2D eigenvalue weighted by molar-refractivity contribution is 0.0956. The van der Waals surface area contributed by atoms with Gasteiger partial charge < -0.3 is 5.32 Å². The van der Waals surface area contributed by atoms with Gasteiger partial charge in [0.2, 0.25) is 0 Å². The lowest BCUT2D eigenvalue weighted by Crippen LogP contribution is -2.25. The maximum absolute atomic E-state index is 11.6. The first kappa shape index (κ1) is 13.5. The molecule has 2 rings (SSSR count). The molecule has 0 radical (unpaired) electrons. The Balaban J connectivity index is 1.70. The van der Waals surface area contributed by atoms with Crippen molar-refractivity contribution < 1.29 is 4.79 Å². The van der Waals surface area contributed by atoms with Crippen LogP contribution in [0.2, 0.25) is 5.02 Å². The molecule has 0 fully saturated rings. The highest BCUT2D eigenvalue weighted by atomic mass is 35.5. The monoisotopic (exact) mass is 297 g/mol. The second-order valence-electron chi connectivity index (χ2n) is 3.57. The van der Waals surface area contributed by atoms with Crippen LogP contribution in [0.15, 0.2) is 46.0 Å². The SMILES string of the molecule is O=C(NCCSc1ccc(Cl)cc1)c1ccsc1. The quantitative estimate of drug-likeness (QED) is 0.669. The molecule has 0 aliphatic heterocycles. The van der Waals surface area contributed by atoms with Crippen molar-refractivity contribution in [2.24, 2.45) is 0 Å². The summed E-state index contributed by atoms with van der Waals surface area (Å²) in [5, 5.41) is 7.38. The van der Waals surface area contributed by atoms with Gasteiger partial charge in [0.25, 0.3) is 5.91 Å². The van der Waals surface area contributed by atoms with Crippen LogP contribution in [0.1, 0.15) is 10.4 Å². The maximum Gasteiger partial charge on any atom is 0.252 e. The number of nitrogens with one attached hydrogen (secondary N) is 1. The third-order valence-corrected chi connectivity index (χ3v) is 4.20. The number of carbonyl (C=O) groups excluding carboxylic acids is 1. The Hall–Kier alpha value is -0.970. The molecule has 0 atom stereocenters. The molecule has 0 saturated carbocycles. The highest BCUT2D eigenvalue weighted by Crippen LogP contribution is 2.19. The molecule has 0 aliphatic carbocycles. The zero-order valence-electron chi connectivity index (χ0n) is 9.56. The summed E-state index contributed by atoms with van der Waals surface area (Å²) in [6.07, 6.45) is 0. The Morgan fingerprint density at radius 1 is 1.28 bits per heavy atom. The van der Waals surface area contributed by atoms with E-state index in [2.05, 4.69) is 5.32 Å². The molecule has 1 N–H and O–H groups in total. The predicted molar refractivity (Wildman–Crippen MR) is 78.8 cm³/mol. The van der Waals surface area contributed by atoms with Gasteiger partial charge in [-0.25, -0.2) is 0 Å². The first-order chi connectivity index (χ1) is 8.75. The minimum atomic E-state index is -0.00652. The van der Waals surface area contributed by atoms with E-state index in [1.807, 2.05) is 41.1 Å². The van der Waals surface area contributed by atoms with Crippen molar-refractivity contribution in [3.8, 4) is 0 Å². The van der Waals surface area contributed by atoms with Gasteiger partial charge in [-0.3, -0.25) is 4.79 Å². The number of thioether (sulfide) groups is 1. The largest absolute Gasteiger partial charge is 0.351 e. The van der Waals surface area contributed by atoms with Crippen LogP contribution in [0.4, 0.5) is 0 Å². The number of carbonyl (C=O) groups is 1. The van der Waals surface area contributed by atoms with Crippen LogP contribution in [-0.4, -0.2) is 18.2 Å². The molecule has 5 heteroatoms. The summed E-state index contributed by atoms with van der Waals surface area (Å²) in [6.45, 7) is 0.655. The predicted octanol–water partition coefficient (Wildman–Crippen LogP) is 3.92. The van der Waals surface area contributed by atoms with Gasteiger partial charge in [-0.2, -0.15) is 11.3 Å². The molecular weight excluding hydrogens is 286 g/mol. The second-order valence-corrected chi connectivity index (χ2v) is 5.96. The van der Waals surface area contributed by atoms with Crippen LogP contribution >= 0.6 is 34.7 Å². The number of thiophene rings is 1. The summed E-state index contributed by atoms with van der Waals surface area (Å²) in [7, 11) is 0. The van der Waals surface area contributed by atoms with Gasteiger partial charge in [0.1, 0.15) is 0 Å². The first-order valence-electron chi connectivity index (χ1n) is 5.44. The Labute approximate surface area is 119 Å². The van der Waals surface area contributed by atoms with Gasteiger partial charge >= 0.3 is 0 Å². The number of amides is 1. The summed E-state index contributed by atoms with van der Waals surface area (Å²) >= 11 is 9.03. The van der Waals surface area contributed by atoms with Crippen LogP contribution in [0.25, 0.3) is 0 Å². The summed E-state index contributed by atoms with van der Waals surface area (Å²) < 4.78 is 0. The lowest BCUT2D eigenvalue weighted by Gasteiger charge is -2.04. The molecule has 2 nitrogen and oxygen atoms in total. The summed E-state index contributed by atoms with van der Waals surface area (Å²) in [4.78, 5) is 12.8. The third-order valence-electron chi connectivity index (χ3n) is 2.25. The highest BCUT2D eigenvalue weighted by molar-refractivity contribution is 7.99. The standard InChI is InChI=1S/C13H12ClNOS2/c14-11-1-3-12(4-2-11)18-8-6-15-13(16)10-5-7-17-9-10/h1-5,7,9H,6,8H2,(H,15,16). The smallest absolute Gasteiger partial charge is 0.252 e. The number of halogens is 1. The fraction of sp³-hybridized carbons (Fsp3) is 0.154. The molecular formula is C13H12ClNOS2. The summed E-state index contributed by atoms with van der Waals surface area (Å²) in [5.41, 5.74) is 0.733. The van der Waals surface area contributed by atoms with Gasteiger partial charge in [0.15, 0.2) is 0 Å². The normalized spacial score (nSPS) is 10.3. The zero-order valence-corrected chi connectivity index (χ0v) is 11.9. The fourth-order valence-corrected chi connectivity index (χ4v) is 2.89. The number of rotatable bonds is 5. The van der Waals surface area contributed by atoms with Gasteiger partial charge in [-0.05, 0) is 35.7 Å². The molecule has 0 spiro atoms. The van der Waals surface area contributed by atoms with Crippen molar-refractivity contribution in [3.05, 3.63) is 51.7 Å². The second kappa shape index (κ2) is 6.83. The highest BCUT2D eigenvalue weighted by Gasteiger charge is 2.04. The molecule has 0 unspecified atom stereocenters. The van der Waals surface area contributed by atoms with Crippen molar-refractivity contribution in [2.75, 3.05) is 12.3 Å². The first-order valence-corrected chi connectivity index (χ1v) is 7.75. The Bertz CT molecular complexity index is 496. The molecule has 94 valence electrons. The van der Waals surface area contributed by atoms with Crippen LogP contribution in [0.5, 0.6) is 0 Å². The summed E-state index contributed by atoms with van der Waals surface area (Å²) in [5.74, 6) is 0.838. The van der Waals surface area contributed by atoms with Crippen molar-refractivity contribution >= 4 is 40.6 Å². The molecule has 1 aromatic heterocycles. The van der Waals surface area contributed by atoms with Gasteiger partial charge in [0, 0.05) is 33.2 Å². The van der Waals surface area contributed by atoms with Gasteiger partial charge in [0.05, 0.1) is 0 Å². The fourth-order valence-electron chi connectivity index (χ4n) is 1.36. The van der Waals surface area contributed by atoms with Crippen LogP contribution in [-0.2, 0) is 0 Å². The molecule has 0 aliphatic rings. The minimum Gasteiger partial charge on any atom is -0.351 e. The van der Waals surface area contributed by atoms with Crippen molar-refractivity contribution in [1.82, 2.24) is 5.32 Å². The van der Waals surface area contributed by atoms with E-state index < -0.39 is 0 Å². The van der Waals surface area contributed by atoms with E-state index in [-0.39, 0.29) is 5.91 Å². The van der Waals surface area contributed by atoms with E-state index in [1.165, 1.54) is 11.3 Å².